The summed E-state index contributed by atoms with van der Waals surface area (Å²) in [5.41, 5.74) is 22.4. The molecule has 5 unspecified atom stereocenters. The maximum absolute atomic E-state index is 13.2. The fourth-order valence-corrected chi connectivity index (χ4v) is 3.68. The second-order valence-electron chi connectivity index (χ2n) is 9.40. The molecular formula is C25H42N8O7. The highest BCUT2D eigenvalue weighted by molar-refractivity contribution is 5.94. The average Bonchev–Trinajstić information content (AvgIpc) is 2.88. The third-order valence-electron chi connectivity index (χ3n) is 5.94. The maximum Gasteiger partial charge on any atom is 0.326 e. The smallest absolute Gasteiger partial charge is 0.326 e. The monoisotopic (exact) mass is 566 g/mol. The van der Waals surface area contributed by atoms with Crippen LogP contribution in [0.5, 0.6) is 5.75 Å². The number of nitrogens with two attached hydrogens (primary N) is 4. The van der Waals surface area contributed by atoms with Gasteiger partial charge in [-0.25, -0.2) is 4.79 Å². The number of amides is 3. The number of phenols is 1. The minimum atomic E-state index is -1.45. The van der Waals surface area contributed by atoms with Gasteiger partial charge in [0.2, 0.25) is 17.7 Å². The molecule has 0 aliphatic rings. The van der Waals surface area contributed by atoms with Gasteiger partial charge in [-0.3, -0.25) is 19.4 Å². The zero-order valence-electron chi connectivity index (χ0n) is 22.6. The van der Waals surface area contributed by atoms with Crippen LogP contribution in [0.25, 0.3) is 0 Å². The summed E-state index contributed by atoms with van der Waals surface area (Å²) in [5.74, 6) is -3.82. The molecule has 15 nitrogen and oxygen atoms in total. The number of carbonyl (C=O) groups is 4. The molecule has 0 saturated carbocycles. The Hall–Kier alpha value is -3.95. The molecule has 15 heteroatoms. The van der Waals surface area contributed by atoms with Crippen molar-refractivity contribution in [1.29, 1.82) is 0 Å². The molecule has 1 aromatic carbocycles. The Morgan fingerprint density at radius 2 is 1.52 bits per heavy atom. The first-order valence-electron chi connectivity index (χ1n) is 13.0. The molecule has 0 radical (unpaired) electrons. The molecule has 14 N–H and O–H groups in total. The Morgan fingerprint density at radius 1 is 0.900 bits per heavy atom. The van der Waals surface area contributed by atoms with Crippen molar-refractivity contribution in [2.45, 2.75) is 75.7 Å². The number of aliphatic hydroxyl groups is 1. The number of nitrogens with one attached hydrogen (secondary N) is 3. The number of hydrogen-bond donors (Lipinski definition) is 10. The Balaban J connectivity index is 3.06. The number of guanidine groups is 1. The normalized spacial score (nSPS) is 14.6. The highest BCUT2D eigenvalue weighted by Crippen LogP contribution is 2.12. The Kier molecular flexibility index (Phi) is 15.0. The topological polar surface area (TPSA) is 282 Å². The van der Waals surface area contributed by atoms with E-state index in [4.69, 9.17) is 22.9 Å². The minimum Gasteiger partial charge on any atom is -0.508 e. The van der Waals surface area contributed by atoms with Crippen molar-refractivity contribution < 1.29 is 34.5 Å². The molecule has 0 spiro atoms. The highest BCUT2D eigenvalue weighted by atomic mass is 16.4. The minimum absolute atomic E-state index is 0.00608. The van der Waals surface area contributed by atoms with Crippen LogP contribution in [-0.2, 0) is 25.6 Å². The lowest BCUT2D eigenvalue weighted by Gasteiger charge is -2.26. The van der Waals surface area contributed by atoms with Crippen LogP contribution in [0.1, 0.15) is 44.6 Å². The summed E-state index contributed by atoms with van der Waals surface area (Å²) in [4.78, 5) is 54.4. The molecule has 0 saturated heterocycles. The number of unbranched alkanes of at least 4 members (excludes halogenated alkanes) is 1. The molecule has 1 aromatic rings. The van der Waals surface area contributed by atoms with E-state index >= 15 is 0 Å². The number of hydrogen-bond acceptors (Lipinski definition) is 9. The van der Waals surface area contributed by atoms with Gasteiger partial charge >= 0.3 is 5.97 Å². The van der Waals surface area contributed by atoms with E-state index in [1.807, 2.05) is 0 Å². The van der Waals surface area contributed by atoms with Crippen molar-refractivity contribution in [2.24, 2.45) is 27.9 Å². The second kappa shape index (κ2) is 17.6. The van der Waals surface area contributed by atoms with Gasteiger partial charge in [-0.15, -0.1) is 0 Å². The van der Waals surface area contributed by atoms with Crippen LogP contribution in [-0.4, -0.2) is 88.3 Å². The number of aliphatic hydroxyl groups excluding tert-OH is 1. The van der Waals surface area contributed by atoms with Gasteiger partial charge in [-0.1, -0.05) is 18.6 Å². The first kappa shape index (κ1) is 34.1. The zero-order chi connectivity index (χ0) is 30.2. The van der Waals surface area contributed by atoms with Crippen molar-refractivity contribution in [2.75, 3.05) is 13.1 Å². The van der Waals surface area contributed by atoms with Gasteiger partial charge in [0.15, 0.2) is 5.96 Å². The van der Waals surface area contributed by atoms with Crippen molar-refractivity contribution >= 4 is 29.7 Å². The van der Waals surface area contributed by atoms with E-state index in [9.17, 15) is 34.5 Å². The van der Waals surface area contributed by atoms with Crippen LogP contribution >= 0.6 is 0 Å². The predicted octanol–water partition coefficient (Wildman–Crippen LogP) is -2.64. The number of carboxylic acid groups (broad SMARTS) is 1. The molecule has 0 heterocycles. The molecule has 0 fully saturated rings. The zero-order valence-corrected chi connectivity index (χ0v) is 22.6. The van der Waals surface area contributed by atoms with Crippen molar-refractivity contribution in [3.8, 4) is 5.75 Å². The van der Waals surface area contributed by atoms with Crippen LogP contribution in [0.2, 0.25) is 0 Å². The van der Waals surface area contributed by atoms with E-state index in [-0.39, 0.29) is 37.5 Å². The Labute approximate surface area is 232 Å². The number of nitrogens with zero attached hydrogens (tertiary/aromatic N) is 1. The van der Waals surface area contributed by atoms with Crippen LogP contribution in [0.3, 0.4) is 0 Å². The number of phenolic OH excluding ortho intramolecular Hbond substituents is 1. The standard InChI is InChI=1S/C25H42N8O7/c1-14(34)20(33-21(36)17(27)5-2-3-11-26)23(38)32-19(13-15-7-9-16(35)10-8-15)22(37)31-18(24(39)40)6-4-12-30-25(28)29/h7-10,14,17-20,34-35H,2-6,11-13,26-27H2,1H3,(H,31,37)(H,32,38)(H,33,36)(H,39,40)(H4,28,29,30). The number of aliphatic imine (C=N–C) groups is 1. The molecule has 40 heavy (non-hydrogen) atoms. The number of benzene rings is 1. The summed E-state index contributed by atoms with van der Waals surface area (Å²) in [6, 6.07) is 0.846. The van der Waals surface area contributed by atoms with Crippen molar-refractivity contribution in [3.63, 3.8) is 0 Å². The molecule has 0 bridgehead atoms. The van der Waals surface area contributed by atoms with Crippen molar-refractivity contribution in [3.05, 3.63) is 29.8 Å². The Morgan fingerprint density at radius 3 is 2.08 bits per heavy atom. The summed E-state index contributed by atoms with van der Waals surface area (Å²) in [6.07, 6.45) is 0.418. The first-order chi connectivity index (χ1) is 18.8. The SMILES string of the molecule is CC(O)C(NC(=O)C(N)CCCCN)C(=O)NC(Cc1ccc(O)cc1)C(=O)NC(CCCN=C(N)N)C(=O)O. The van der Waals surface area contributed by atoms with Gasteiger partial charge in [-0.05, 0) is 56.8 Å². The van der Waals surface area contributed by atoms with Gasteiger partial charge < -0.3 is 54.2 Å². The molecule has 0 aromatic heterocycles. The lowest BCUT2D eigenvalue weighted by Crippen LogP contribution is -2.60. The van der Waals surface area contributed by atoms with E-state index in [1.165, 1.54) is 31.2 Å². The molecule has 224 valence electrons. The third kappa shape index (κ3) is 12.7. The van der Waals surface area contributed by atoms with Crippen LogP contribution < -0.4 is 38.9 Å². The molecule has 3 amide bonds. The highest BCUT2D eigenvalue weighted by Gasteiger charge is 2.32. The number of carbonyl (C=O) groups excluding carboxylic acids is 3. The molecule has 0 aliphatic carbocycles. The third-order valence-corrected chi connectivity index (χ3v) is 5.94. The quantitative estimate of drug-likeness (QED) is 0.0498. The summed E-state index contributed by atoms with van der Waals surface area (Å²) in [6.45, 7) is 1.88. The van der Waals surface area contributed by atoms with Gasteiger partial charge in [0.05, 0.1) is 12.1 Å². The van der Waals surface area contributed by atoms with E-state index in [0.717, 1.165) is 0 Å². The molecular weight excluding hydrogens is 524 g/mol. The largest absolute Gasteiger partial charge is 0.508 e. The predicted molar refractivity (Wildman–Crippen MR) is 148 cm³/mol. The fourth-order valence-electron chi connectivity index (χ4n) is 3.68. The van der Waals surface area contributed by atoms with Gasteiger partial charge in [0.1, 0.15) is 23.9 Å². The van der Waals surface area contributed by atoms with Crippen LogP contribution in [0, 0.1) is 0 Å². The number of aromatic hydroxyl groups is 1. The van der Waals surface area contributed by atoms with Crippen LogP contribution in [0.15, 0.2) is 29.3 Å². The molecule has 0 aliphatic heterocycles. The van der Waals surface area contributed by atoms with Gasteiger partial charge in [-0.2, -0.15) is 0 Å². The second-order valence-corrected chi connectivity index (χ2v) is 9.40. The van der Waals surface area contributed by atoms with E-state index in [0.29, 0.717) is 31.4 Å². The first-order valence-corrected chi connectivity index (χ1v) is 13.0. The Bertz CT molecular complexity index is 999. The molecule has 5 atom stereocenters. The van der Waals surface area contributed by atoms with Gasteiger partial charge in [0, 0.05) is 13.0 Å². The molecule has 1 rings (SSSR count). The average molecular weight is 567 g/mol. The number of rotatable bonds is 18. The lowest BCUT2D eigenvalue weighted by atomic mass is 10.0. The summed E-state index contributed by atoms with van der Waals surface area (Å²) in [7, 11) is 0. The fraction of sp³-hybridized carbons (Fsp3) is 0.560. The summed E-state index contributed by atoms with van der Waals surface area (Å²) < 4.78 is 0. The van der Waals surface area contributed by atoms with E-state index in [2.05, 4.69) is 20.9 Å². The number of carboxylic acids is 1. The summed E-state index contributed by atoms with van der Waals surface area (Å²) >= 11 is 0. The van der Waals surface area contributed by atoms with E-state index < -0.39 is 54.0 Å². The van der Waals surface area contributed by atoms with Gasteiger partial charge in [0.25, 0.3) is 0 Å². The van der Waals surface area contributed by atoms with Crippen molar-refractivity contribution in [1.82, 2.24) is 16.0 Å². The number of aliphatic carboxylic acids is 1. The summed E-state index contributed by atoms with van der Waals surface area (Å²) in [5, 5.41) is 36.7. The maximum atomic E-state index is 13.2. The van der Waals surface area contributed by atoms with Crippen LogP contribution in [0.4, 0.5) is 0 Å². The van der Waals surface area contributed by atoms with E-state index in [1.54, 1.807) is 0 Å². The lowest BCUT2D eigenvalue weighted by molar-refractivity contribution is -0.142.